The average Bonchev–Trinajstić information content (AvgIpc) is 2.41. The molecule has 10 heteroatoms. The summed E-state index contributed by atoms with van der Waals surface area (Å²) in [4.78, 5) is 13.3. The predicted molar refractivity (Wildman–Crippen MR) is 77.5 cm³/mol. The lowest BCUT2D eigenvalue weighted by Crippen LogP contribution is -2.13. The monoisotopic (exact) mass is 373 g/mol. The van der Waals surface area contributed by atoms with Crippen molar-refractivity contribution in [2.75, 3.05) is 4.72 Å². The van der Waals surface area contributed by atoms with Crippen LogP contribution in [0.25, 0.3) is 0 Å². The number of nitrogens with one attached hydrogen (secondary N) is 1. The Kier molecular flexibility index (Phi) is 4.09. The van der Waals surface area contributed by atoms with E-state index in [1.807, 2.05) is 0 Å². The number of anilines is 1. The third-order valence-corrected chi connectivity index (χ3v) is 4.47. The van der Waals surface area contributed by atoms with E-state index in [0.717, 1.165) is 18.2 Å². The van der Waals surface area contributed by atoms with Crippen molar-refractivity contribution in [2.45, 2.75) is 4.90 Å². The van der Waals surface area contributed by atoms with Crippen molar-refractivity contribution in [3.05, 3.63) is 51.2 Å². The van der Waals surface area contributed by atoms with Gasteiger partial charge in [0.05, 0.1) is 20.0 Å². The van der Waals surface area contributed by atoms with Crippen LogP contribution in [-0.4, -0.2) is 23.4 Å². The van der Waals surface area contributed by atoms with Crippen molar-refractivity contribution in [1.82, 2.24) is 4.98 Å². The lowest BCUT2D eigenvalue weighted by molar-refractivity contribution is -0.386. The van der Waals surface area contributed by atoms with Crippen LogP contribution < -0.4 is 4.72 Å². The van der Waals surface area contributed by atoms with Gasteiger partial charge in [-0.05, 0) is 34.1 Å². The lowest BCUT2D eigenvalue weighted by atomic mass is 10.3. The standard InChI is InChI=1S/C11H8BrN3O5S/c12-8-6-13-4-3-9(8)14-21(19,20)7-1-2-11(16)10(5-7)15(17)18/h1-6,16H,(H,13,14). The molecule has 0 bridgehead atoms. The second kappa shape index (κ2) is 5.66. The number of nitro benzene ring substituents is 1. The molecule has 0 aliphatic carbocycles. The molecule has 0 unspecified atom stereocenters. The van der Waals surface area contributed by atoms with Crippen LogP contribution in [-0.2, 0) is 10.0 Å². The summed E-state index contributed by atoms with van der Waals surface area (Å²) < 4.78 is 27.1. The van der Waals surface area contributed by atoms with E-state index in [9.17, 15) is 23.6 Å². The third kappa shape index (κ3) is 3.28. The summed E-state index contributed by atoms with van der Waals surface area (Å²) in [6.45, 7) is 0. The minimum Gasteiger partial charge on any atom is -0.502 e. The Morgan fingerprint density at radius 2 is 2.05 bits per heavy atom. The topological polar surface area (TPSA) is 122 Å². The Balaban J connectivity index is 2.43. The zero-order valence-corrected chi connectivity index (χ0v) is 12.6. The largest absolute Gasteiger partial charge is 0.502 e. The number of nitrogens with zero attached hydrogens (tertiary/aromatic N) is 2. The van der Waals surface area contributed by atoms with Crippen LogP contribution in [0.2, 0.25) is 0 Å². The fraction of sp³-hybridized carbons (Fsp3) is 0. The number of phenols is 1. The van der Waals surface area contributed by atoms with Gasteiger partial charge in [0.15, 0.2) is 5.75 Å². The van der Waals surface area contributed by atoms with Gasteiger partial charge < -0.3 is 5.11 Å². The number of nitro groups is 1. The normalized spacial score (nSPS) is 11.1. The van der Waals surface area contributed by atoms with Gasteiger partial charge in [-0.25, -0.2) is 8.42 Å². The number of rotatable bonds is 4. The quantitative estimate of drug-likeness (QED) is 0.625. The van der Waals surface area contributed by atoms with Crippen LogP contribution in [0.3, 0.4) is 0 Å². The van der Waals surface area contributed by atoms with Gasteiger partial charge in [-0.2, -0.15) is 0 Å². The van der Waals surface area contributed by atoms with Crippen molar-refractivity contribution < 1.29 is 18.4 Å². The number of hydrogen-bond donors (Lipinski definition) is 2. The predicted octanol–water partition coefficient (Wildman–Crippen LogP) is 2.26. The summed E-state index contributed by atoms with van der Waals surface area (Å²) >= 11 is 3.13. The first-order chi connectivity index (χ1) is 9.81. The molecular weight excluding hydrogens is 366 g/mol. The minimum atomic E-state index is -4.03. The number of phenolic OH excluding ortho intramolecular Hbond substituents is 1. The molecule has 0 atom stereocenters. The van der Waals surface area contributed by atoms with Crippen LogP contribution in [0.4, 0.5) is 11.4 Å². The molecule has 0 spiro atoms. The zero-order chi connectivity index (χ0) is 15.6. The molecule has 0 saturated heterocycles. The van der Waals surface area contributed by atoms with E-state index in [4.69, 9.17) is 0 Å². The van der Waals surface area contributed by atoms with Crippen LogP contribution in [0, 0.1) is 10.1 Å². The maximum atomic E-state index is 12.2. The first-order valence-corrected chi connectivity index (χ1v) is 7.68. The molecule has 8 nitrogen and oxygen atoms in total. The summed E-state index contributed by atoms with van der Waals surface area (Å²) in [7, 11) is -4.03. The minimum absolute atomic E-state index is 0.237. The highest BCUT2D eigenvalue weighted by molar-refractivity contribution is 9.10. The van der Waals surface area contributed by atoms with E-state index >= 15 is 0 Å². The molecule has 0 fully saturated rings. The number of hydrogen-bond acceptors (Lipinski definition) is 6. The highest BCUT2D eigenvalue weighted by atomic mass is 79.9. The maximum absolute atomic E-state index is 12.2. The Morgan fingerprint density at radius 1 is 1.33 bits per heavy atom. The van der Waals surface area contributed by atoms with Gasteiger partial charge in [-0.3, -0.25) is 19.8 Å². The summed E-state index contributed by atoms with van der Waals surface area (Å²) in [6.07, 6.45) is 2.79. The molecule has 1 aromatic heterocycles. The van der Waals surface area contributed by atoms with Gasteiger partial charge in [0.25, 0.3) is 10.0 Å². The van der Waals surface area contributed by atoms with Crippen LogP contribution in [0.15, 0.2) is 46.0 Å². The van der Waals surface area contributed by atoms with Crippen molar-refractivity contribution in [2.24, 2.45) is 0 Å². The fourth-order valence-electron chi connectivity index (χ4n) is 1.48. The Morgan fingerprint density at radius 3 is 2.67 bits per heavy atom. The van der Waals surface area contributed by atoms with E-state index < -0.39 is 26.4 Å². The van der Waals surface area contributed by atoms with Crippen LogP contribution >= 0.6 is 15.9 Å². The average molecular weight is 374 g/mol. The molecule has 0 saturated carbocycles. The Hall–Kier alpha value is -2.20. The van der Waals surface area contributed by atoms with Gasteiger partial charge in [-0.1, -0.05) is 0 Å². The SMILES string of the molecule is O=[N+]([O-])c1cc(S(=O)(=O)Nc2ccncc2Br)ccc1O. The van der Waals surface area contributed by atoms with E-state index in [-0.39, 0.29) is 10.6 Å². The second-order valence-corrected chi connectivity index (χ2v) is 6.41. The first kappa shape index (κ1) is 15.2. The molecule has 110 valence electrons. The molecule has 0 aliphatic heterocycles. The number of aromatic hydroxyl groups is 1. The number of pyridine rings is 1. The number of halogens is 1. The molecule has 0 aliphatic rings. The first-order valence-electron chi connectivity index (χ1n) is 5.41. The third-order valence-electron chi connectivity index (χ3n) is 2.47. The number of aromatic nitrogens is 1. The lowest BCUT2D eigenvalue weighted by Gasteiger charge is -2.09. The van der Waals surface area contributed by atoms with Crippen LogP contribution in [0.1, 0.15) is 0 Å². The summed E-state index contributed by atoms with van der Waals surface area (Å²) in [5.41, 5.74) is -0.451. The van der Waals surface area contributed by atoms with Crippen molar-refractivity contribution in [1.29, 1.82) is 0 Å². The molecule has 2 aromatic rings. The van der Waals surface area contributed by atoms with Gasteiger partial charge in [0.2, 0.25) is 0 Å². The van der Waals surface area contributed by atoms with Gasteiger partial charge in [0, 0.05) is 18.5 Å². The Bertz CT molecular complexity index is 809. The molecule has 0 radical (unpaired) electrons. The molecule has 1 aromatic carbocycles. The molecule has 1 heterocycles. The fourth-order valence-corrected chi connectivity index (χ4v) is 3.06. The smallest absolute Gasteiger partial charge is 0.312 e. The summed E-state index contributed by atoms with van der Waals surface area (Å²) in [6, 6.07) is 4.23. The molecule has 21 heavy (non-hydrogen) atoms. The summed E-state index contributed by atoms with van der Waals surface area (Å²) in [5, 5.41) is 20.1. The van der Waals surface area contributed by atoms with Crippen molar-refractivity contribution >= 4 is 37.3 Å². The molecule has 2 N–H and O–H groups in total. The number of benzene rings is 1. The summed E-state index contributed by atoms with van der Waals surface area (Å²) in [5.74, 6) is -0.607. The highest BCUT2D eigenvalue weighted by Crippen LogP contribution is 2.30. The number of sulfonamides is 1. The van der Waals surface area contributed by atoms with Gasteiger partial charge in [0.1, 0.15) is 0 Å². The molecule has 0 amide bonds. The second-order valence-electron chi connectivity index (χ2n) is 3.87. The van der Waals surface area contributed by atoms with Crippen LogP contribution in [0.5, 0.6) is 5.75 Å². The zero-order valence-electron chi connectivity index (χ0n) is 10.2. The van der Waals surface area contributed by atoms with E-state index in [2.05, 4.69) is 25.6 Å². The van der Waals surface area contributed by atoms with Crippen molar-refractivity contribution in [3.8, 4) is 5.75 Å². The van der Waals surface area contributed by atoms with E-state index in [1.54, 1.807) is 0 Å². The molecule has 2 rings (SSSR count). The molecular formula is C11H8BrN3O5S. The maximum Gasteiger partial charge on any atom is 0.312 e. The van der Waals surface area contributed by atoms with Crippen molar-refractivity contribution in [3.63, 3.8) is 0 Å². The highest BCUT2D eigenvalue weighted by Gasteiger charge is 2.21. The van der Waals surface area contributed by atoms with E-state index in [0.29, 0.717) is 4.47 Å². The van der Waals surface area contributed by atoms with Gasteiger partial charge >= 0.3 is 5.69 Å². The Labute approximate surface area is 127 Å². The van der Waals surface area contributed by atoms with Gasteiger partial charge in [-0.15, -0.1) is 0 Å². The van der Waals surface area contributed by atoms with E-state index in [1.165, 1.54) is 18.5 Å².